The Bertz CT molecular complexity index is 330. The Morgan fingerprint density at radius 2 is 1.08 bits per heavy atom. The van der Waals surface area contributed by atoms with Crippen LogP contribution in [-0.4, -0.2) is 19.5 Å². The van der Waals surface area contributed by atoms with E-state index in [0.717, 1.165) is 23.7 Å². The SMILES string of the molecule is CC1CCC(C2CCC(C=O)CC2)CC1.COC1CCC(C)CC1. The quantitative estimate of drug-likeness (QED) is 0.588. The molecule has 0 aromatic heterocycles. The van der Waals surface area contributed by atoms with Crippen LogP contribution in [0, 0.1) is 29.6 Å². The molecule has 0 radical (unpaired) electrons. The molecule has 0 saturated heterocycles. The second-order valence-corrected chi connectivity index (χ2v) is 8.95. The molecule has 0 amide bonds. The van der Waals surface area contributed by atoms with Crippen LogP contribution in [0.5, 0.6) is 0 Å². The van der Waals surface area contributed by atoms with Gasteiger partial charge < -0.3 is 9.53 Å². The summed E-state index contributed by atoms with van der Waals surface area (Å²) in [5.74, 6) is 4.25. The van der Waals surface area contributed by atoms with Crippen molar-refractivity contribution >= 4 is 6.29 Å². The molecule has 0 heterocycles. The van der Waals surface area contributed by atoms with Crippen LogP contribution in [-0.2, 0) is 9.53 Å². The zero-order valence-electron chi connectivity index (χ0n) is 16.3. The summed E-state index contributed by atoms with van der Waals surface area (Å²) in [6.07, 6.45) is 17.8. The average Bonchev–Trinajstić information content (AvgIpc) is 2.64. The van der Waals surface area contributed by atoms with Crippen molar-refractivity contribution in [1.82, 2.24) is 0 Å². The molecular weight excluding hydrogens is 296 g/mol. The van der Waals surface area contributed by atoms with Crippen LogP contribution in [0.4, 0.5) is 0 Å². The Hall–Kier alpha value is -0.370. The summed E-state index contributed by atoms with van der Waals surface area (Å²) in [7, 11) is 1.82. The van der Waals surface area contributed by atoms with E-state index in [-0.39, 0.29) is 0 Å². The predicted molar refractivity (Wildman–Crippen MR) is 101 cm³/mol. The fraction of sp³-hybridized carbons (Fsp3) is 0.955. The molecule has 140 valence electrons. The molecule has 3 rings (SSSR count). The van der Waals surface area contributed by atoms with Crippen LogP contribution in [0.15, 0.2) is 0 Å². The summed E-state index contributed by atoms with van der Waals surface area (Å²) in [6.45, 7) is 4.71. The van der Waals surface area contributed by atoms with Gasteiger partial charge in [0.2, 0.25) is 0 Å². The molecule has 0 bridgehead atoms. The van der Waals surface area contributed by atoms with Gasteiger partial charge in [0, 0.05) is 13.0 Å². The molecule has 0 unspecified atom stereocenters. The van der Waals surface area contributed by atoms with Crippen molar-refractivity contribution in [2.75, 3.05) is 7.11 Å². The molecule has 0 N–H and O–H groups in total. The summed E-state index contributed by atoms with van der Waals surface area (Å²) < 4.78 is 5.24. The van der Waals surface area contributed by atoms with E-state index in [1.54, 1.807) is 0 Å². The molecular formula is C22H40O2. The van der Waals surface area contributed by atoms with E-state index in [1.807, 2.05) is 7.11 Å². The van der Waals surface area contributed by atoms with Gasteiger partial charge in [-0.25, -0.2) is 0 Å². The van der Waals surface area contributed by atoms with E-state index >= 15 is 0 Å². The highest BCUT2D eigenvalue weighted by atomic mass is 16.5. The van der Waals surface area contributed by atoms with Crippen molar-refractivity contribution in [1.29, 1.82) is 0 Å². The second kappa shape index (κ2) is 10.6. The molecule has 0 aromatic carbocycles. The number of rotatable bonds is 3. The third kappa shape index (κ3) is 6.50. The first kappa shape index (κ1) is 19.9. The molecule has 0 spiro atoms. The van der Waals surface area contributed by atoms with Crippen molar-refractivity contribution in [3.8, 4) is 0 Å². The smallest absolute Gasteiger partial charge is 0.123 e. The molecule has 3 saturated carbocycles. The van der Waals surface area contributed by atoms with Gasteiger partial charge in [0.15, 0.2) is 0 Å². The second-order valence-electron chi connectivity index (χ2n) is 8.95. The lowest BCUT2D eigenvalue weighted by molar-refractivity contribution is -0.112. The zero-order chi connectivity index (χ0) is 17.4. The highest BCUT2D eigenvalue weighted by Gasteiger charge is 2.29. The predicted octanol–water partition coefficient (Wildman–Crippen LogP) is 6.03. The van der Waals surface area contributed by atoms with Crippen molar-refractivity contribution in [3.63, 3.8) is 0 Å². The van der Waals surface area contributed by atoms with Crippen LogP contribution in [0.25, 0.3) is 0 Å². The molecule has 2 nitrogen and oxygen atoms in total. The molecule has 0 atom stereocenters. The number of ether oxygens (including phenoxy) is 1. The number of methoxy groups -OCH3 is 1. The molecule has 3 aliphatic carbocycles. The Kier molecular flexibility index (Phi) is 8.80. The minimum Gasteiger partial charge on any atom is -0.381 e. The Morgan fingerprint density at radius 1 is 0.667 bits per heavy atom. The van der Waals surface area contributed by atoms with Crippen molar-refractivity contribution in [2.24, 2.45) is 29.6 Å². The summed E-state index contributed by atoms with van der Waals surface area (Å²) in [5, 5.41) is 0. The van der Waals surface area contributed by atoms with Gasteiger partial charge in [-0.3, -0.25) is 0 Å². The maximum Gasteiger partial charge on any atom is 0.123 e. The normalized spacial score (nSPS) is 40.3. The molecule has 0 aromatic rings. The van der Waals surface area contributed by atoms with Gasteiger partial charge in [-0.1, -0.05) is 26.7 Å². The van der Waals surface area contributed by atoms with Crippen molar-refractivity contribution < 1.29 is 9.53 Å². The first-order valence-electron chi connectivity index (χ1n) is 10.6. The Labute approximate surface area is 150 Å². The number of hydrogen-bond donors (Lipinski definition) is 0. The van der Waals surface area contributed by atoms with Gasteiger partial charge in [-0.15, -0.1) is 0 Å². The van der Waals surface area contributed by atoms with Gasteiger partial charge in [-0.05, 0) is 87.9 Å². The Morgan fingerprint density at radius 3 is 1.50 bits per heavy atom. The van der Waals surface area contributed by atoms with Crippen molar-refractivity contribution in [3.05, 3.63) is 0 Å². The third-order valence-electron chi connectivity index (χ3n) is 7.03. The summed E-state index contributed by atoms with van der Waals surface area (Å²) in [6, 6.07) is 0. The standard InChI is InChI=1S/C14H24O.C8H16O/c1-11-2-6-13(7-3-11)14-8-4-12(10-15)5-9-14;1-7-3-5-8(9-2)6-4-7/h10-14H,2-9H2,1H3;7-8H,3-6H2,1-2H3. The fourth-order valence-electron chi connectivity index (χ4n) is 4.97. The first-order valence-corrected chi connectivity index (χ1v) is 10.6. The van der Waals surface area contributed by atoms with Crippen LogP contribution in [0.3, 0.4) is 0 Å². The molecule has 24 heavy (non-hydrogen) atoms. The average molecular weight is 337 g/mol. The summed E-state index contributed by atoms with van der Waals surface area (Å²) in [5.41, 5.74) is 0. The lowest BCUT2D eigenvalue weighted by atomic mass is 9.70. The lowest BCUT2D eigenvalue weighted by Crippen LogP contribution is -2.25. The van der Waals surface area contributed by atoms with Crippen LogP contribution in [0.2, 0.25) is 0 Å². The van der Waals surface area contributed by atoms with E-state index < -0.39 is 0 Å². The van der Waals surface area contributed by atoms with Crippen LogP contribution < -0.4 is 0 Å². The summed E-state index contributed by atoms with van der Waals surface area (Å²) in [4.78, 5) is 10.7. The zero-order valence-corrected chi connectivity index (χ0v) is 16.3. The molecule has 2 heteroatoms. The van der Waals surface area contributed by atoms with E-state index in [1.165, 1.54) is 83.3 Å². The largest absolute Gasteiger partial charge is 0.381 e. The topological polar surface area (TPSA) is 26.3 Å². The minimum atomic E-state index is 0.392. The highest BCUT2D eigenvalue weighted by molar-refractivity contribution is 5.53. The monoisotopic (exact) mass is 336 g/mol. The molecule has 3 fully saturated rings. The highest BCUT2D eigenvalue weighted by Crippen LogP contribution is 2.40. The number of carbonyl (C=O) groups excluding carboxylic acids is 1. The fourth-order valence-corrected chi connectivity index (χ4v) is 4.97. The number of aldehydes is 1. The van der Waals surface area contributed by atoms with Crippen molar-refractivity contribution in [2.45, 2.75) is 97.0 Å². The van der Waals surface area contributed by atoms with Gasteiger partial charge >= 0.3 is 0 Å². The number of hydrogen-bond acceptors (Lipinski definition) is 2. The van der Waals surface area contributed by atoms with Gasteiger partial charge in [-0.2, -0.15) is 0 Å². The third-order valence-corrected chi connectivity index (χ3v) is 7.03. The van der Waals surface area contributed by atoms with Gasteiger partial charge in [0.05, 0.1) is 6.10 Å². The maximum absolute atomic E-state index is 10.7. The molecule has 0 aliphatic heterocycles. The van der Waals surface area contributed by atoms with Crippen LogP contribution >= 0.6 is 0 Å². The van der Waals surface area contributed by atoms with Gasteiger partial charge in [0.25, 0.3) is 0 Å². The first-order chi connectivity index (χ1) is 11.6. The molecule has 3 aliphatic rings. The van der Waals surface area contributed by atoms with Gasteiger partial charge in [0.1, 0.15) is 6.29 Å². The number of carbonyl (C=O) groups is 1. The van der Waals surface area contributed by atoms with E-state index in [4.69, 9.17) is 4.74 Å². The minimum absolute atomic E-state index is 0.392. The van der Waals surface area contributed by atoms with E-state index in [0.29, 0.717) is 12.0 Å². The van der Waals surface area contributed by atoms with E-state index in [9.17, 15) is 4.79 Å². The van der Waals surface area contributed by atoms with E-state index in [2.05, 4.69) is 13.8 Å². The summed E-state index contributed by atoms with van der Waals surface area (Å²) >= 11 is 0. The maximum atomic E-state index is 10.7. The lowest BCUT2D eigenvalue weighted by Gasteiger charge is -2.36. The Balaban J connectivity index is 0.000000198. The van der Waals surface area contributed by atoms with Crippen LogP contribution in [0.1, 0.15) is 90.9 Å².